The van der Waals surface area contributed by atoms with Crippen LogP contribution in [0.4, 0.5) is 0 Å². The van der Waals surface area contributed by atoms with Gasteiger partial charge in [0.05, 0.1) is 6.61 Å². The molecule has 0 amide bonds. The van der Waals surface area contributed by atoms with Crippen LogP contribution in [0.3, 0.4) is 0 Å². The Morgan fingerprint density at radius 3 is 1.82 bits per heavy atom. The molecule has 0 radical (unpaired) electrons. The first-order valence-corrected chi connectivity index (χ1v) is 6.61. The highest BCUT2D eigenvalue weighted by Gasteiger charge is 2.49. The summed E-state index contributed by atoms with van der Waals surface area (Å²) in [6.07, 6.45) is -16.7. The molecule has 0 aromatic heterocycles. The molecule has 2 aliphatic heterocycles. The lowest BCUT2D eigenvalue weighted by Gasteiger charge is -2.44. The average molecular weight is 328 g/mol. The van der Waals surface area contributed by atoms with Crippen LogP contribution in [0.15, 0.2) is 0 Å². The first kappa shape index (κ1) is 17.9. The fraction of sp³-hybridized carbons (Fsp3) is 1.00. The number of ether oxygens (including phenoxy) is 3. The third-order valence-corrected chi connectivity index (χ3v) is 3.67. The summed E-state index contributed by atoms with van der Waals surface area (Å²) < 4.78 is 14.8. The summed E-state index contributed by atoms with van der Waals surface area (Å²) in [5.41, 5.74) is 0. The van der Waals surface area contributed by atoms with E-state index in [9.17, 15) is 40.9 Å². The van der Waals surface area contributed by atoms with Crippen molar-refractivity contribution < 1.29 is 55.1 Å². The molecule has 130 valence electrons. The smallest absolute Gasteiger partial charge is 0.189 e. The molecule has 0 spiro atoms. The molecule has 2 saturated heterocycles. The van der Waals surface area contributed by atoms with Gasteiger partial charge in [-0.3, -0.25) is 0 Å². The molecular formula is C11H20O11. The van der Waals surface area contributed by atoms with Crippen LogP contribution in [0.25, 0.3) is 0 Å². The van der Waals surface area contributed by atoms with Gasteiger partial charge in [0.1, 0.15) is 42.7 Å². The highest BCUT2D eigenvalue weighted by Crippen LogP contribution is 2.27. The molecule has 2 fully saturated rings. The van der Waals surface area contributed by atoms with E-state index in [4.69, 9.17) is 14.2 Å². The second kappa shape index (κ2) is 6.98. The fourth-order valence-electron chi connectivity index (χ4n) is 2.33. The van der Waals surface area contributed by atoms with Crippen molar-refractivity contribution in [2.45, 2.75) is 61.6 Å². The van der Waals surface area contributed by atoms with E-state index in [1.54, 1.807) is 0 Å². The van der Waals surface area contributed by atoms with Crippen molar-refractivity contribution in [1.82, 2.24) is 0 Å². The Labute approximate surface area is 124 Å². The van der Waals surface area contributed by atoms with E-state index in [1.165, 1.54) is 0 Å². The first-order valence-electron chi connectivity index (χ1n) is 6.61. The van der Waals surface area contributed by atoms with E-state index in [2.05, 4.69) is 0 Å². The molecule has 8 N–H and O–H groups in total. The highest BCUT2D eigenvalue weighted by molar-refractivity contribution is 4.92. The predicted molar refractivity (Wildman–Crippen MR) is 63.8 cm³/mol. The molecule has 22 heavy (non-hydrogen) atoms. The zero-order valence-corrected chi connectivity index (χ0v) is 11.3. The minimum Gasteiger partial charge on any atom is -0.394 e. The summed E-state index contributed by atoms with van der Waals surface area (Å²) in [7, 11) is 0. The number of aliphatic hydroxyl groups is 8. The van der Waals surface area contributed by atoms with Gasteiger partial charge in [0, 0.05) is 0 Å². The zero-order valence-electron chi connectivity index (χ0n) is 11.3. The maximum atomic E-state index is 9.87. The van der Waals surface area contributed by atoms with Crippen molar-refractivity contribution in [1.29, 1.82) is 0 Å². The molecule has 5 unspecified atom stereocenters. The minimum absolute atomic E-state index is 0.692. The second-order valence-corrected chi connectivity index (χ2v) is 5.20. The zero-order chi connectivity index (χ0) is 16.6. The Kier molecular flexibility index (Phi) is 5.68. The van der Waals surface area contributed by atoms with Gasteiger partial charge in [-0.15, -0.1) is 0 Å². The summed E-state index contributed by atoms with van der Waals surface area (Å²) in [5, 5.41) is 76.0. The normalized spacial score (nSPS) is 53.5. The quantitative estimate of drug-likeness (QED) is 0.247. The van der Waals surface area contributed by atoms with Crippen LogP contribution in [0.2, 0.25) is 0 Å². The molecule has 0 bridgehead atoms. The van der Waals surface area contributed by atoms with Crippen LogP contribution < -0.4 is 0 Å². The molecule has 2 aliphatic rings. The van der Waals surface area contributed by atoms with Crippen LogP contribution in [0, 0.1) is 0 Å². The third-order valence-electron chi connectivity index (χ3n) is 3.67. The summed E-state index contributed by atoms with van der Waals surface area (Å²) in [6, 6.07) is 0. The molecule has 11 heteroatoms. The van der Waals surface area contributed by atoms with Gasteiger partial charge in [-0.25, -0.2) is 0 Å². The lowest BCUT2D eigenvalue weighted by molar-refractivity contribution is -0.375. The molecule has 10 atom stereocenters. The van der Waals surface area contributed by atoms with Crippen molar-refractivity contribution in [3.05, 3.63) is 0 Å². The van der Waals surface area contributed by atoms with Gasteiger partial charge in [0.25, 0.3) is 0 Å². The topological polar surface area (TPSA) is 190 Å². The molecule has 0 aliphatic carbocycles. The van der Waals surface area contributed by atoms with Gasteiger partial charge in [-0.1, -0.05) is 0 Å². The average Bonchev–Trinajstić information content (AvgIpc) is 2.50. The first-order chi connectivity index (χ1) is 10.3. The molecule has 11 nitrogen and oxygen atoms in total. The van der Waals surface area contributed by atoms with Gasteiger partial charge < -0.3 is 55.1 Å². The van der Waals surface area contributed by atoms with E-state index < -0.39 is 68.2 Å². The van der Waals surface area contributed by atoms with Crippen LogP contribution in [-0.4, -0.2) is 109 Å². The number of rotatable bonds is 3. The van der Waals surface area contributed by atoms with Crippen molar-refractivity contribution in [3.8, 4) is 0 Å². The summed E-state index contributed by atoms with van der Waals surface area (Å²) in [5.74, 6) is 0. The summed E-state index contributed by atoms with van der Waals surface area (Å²) in [4.78, 5) is 0. The van der Waals surface area contributed by atoms with Crippen LogP contribution in [-0.2, 0) is 14.2 Å². The standard InChI is InChI=1S/C11H20O11/c12-1-2-8(4(14)6(16)9(18)20-2)21-11-7(17)3(13)5(15)10(19)22-11/h2-19H,1H2/t2-,3?,4+,5?,6-,7?,8-,9-,10?,11?/m1/s1. The molecule has 0 aromatic rings. The maximum Gasteiger partial charge on any atom is 0.189 e. The molecular weight excluding hydrogens is 308 g/mol. The van der Waals surface area contributed by atoms with E-state index in [-0.39, 0.29) is 0 Å². The van der Waals surface area contributed by atoms with Crippen molar-refractivity contribution in [3.63, 3.8) is 0 Å². The van der Waals surface area contributed by atoms with Gasteiger partial charge in [0.2, 0.25) is 0 Å². The summed E-state index contributed by atoms with van der Waals surface area (Å²) >= 11 is 0. The van der Waals surface area contributed by atoms with E-state index >= 15 is 0 Å². The second-order valence-electron chi connectivity index (χ2n) is 5.20. The predicted octanol–water partition coefficient (Wildman–Crippen LogP) is -5.44. The Bertz CT molecular complexity index is 366. The summed E-state index contributed by atoms with van der Waals surface area (Å²) in [6.45, 7) is -0.692. The number of hydrogen-bond acceptors (Lipinski definition) is 11. The van der Waals surface area contributed by atoms with Crippen molar-refractivity contribution >= 4 is 0 Å². The monoisotopic (exact) mass is 328 g/mol. The van der Waals surface area contributed by atoms with Gasteiger partial charge in [-0.05, 0) is 0 Å². The van der Waals surface area contributed by atoms with Gasteiger partial charge in [0.15, 0.2) is 18.9 Å². The van der Waals surface area contributed by atoms with Crippen LogP contribution >= 0.6 is 0 Å². The Morgan fingerprint density at radius 1 is 0.682 bits per heavy atom. The molecule has 0 saturated carbocycles. The Morgan fingerprint density at radius 2 is 1.23 bits per heavy atom. The number of hydrogen-bond donors (Lipinski definition) is 8. The van der Waals surface area contributed by atoms with Crippen LogP contribution in [0.1, 0.15) is 0 Å². The SMILES string of the molecule is OC[C@H]1O[C@@H](O)[C@H](O)[C@H](O)[C@@H]1OC1OC(O)C(O)C(O)C1O. The molecule has 2 rings (SSSR count). The maximum absolute atomic E-state index is 9.87. The third kappa shape index (κ3) is 3.25. The highest BCUT2D eigenvalue weighted by atomic mass is 16.8. The Balaban J connectivity index is 2.10. The molecule has 2 heterocycles. The molecule has 0 aromatic carbocycles. The lowest BCUT2D eigenvalue weighted by Crippen LogP contribution is -2.64. The lowest BCUT2D eigenvalue weighted by atomic mass is 9.98. The minimum atomic E-state index is -1.85. The van der Waals surface area contributed by atoms with Gasteiger partial charge >= 0.3 is 0 Å². The van der Waals surface area contributed by atoms with Gasteiger partial charge in [-0.2, -0.15) is 0 Å². The van der Waals surface area contributed by atoms with E-state index in [0.717, 1.165) is 0 Å². The van der Waals surface area contributed by atoms with E-state index in [1.807, 2.05) is 0 Å². The van der Waals surface area contributed by atoms with Crippen molar-refractivity contribution in [2.75, 3.05) is 6.61 Å². The number of aliphatic hydroxyl groups excluding tert-OH is 8. The van der Waals surface area contributed by atoms with Crippen LogP contribution in [0.5, 0.6) is 0 Å². The largest absolute Gasteiger partial charge is 0.394 e. The fourth-order valence-corrected chi connectivity index (χ4v) is 2.33. The van der Waals surface area contributed by atoms with E-state index in [0.29, 0.717) is 0 Å². The Hall–Kier alpha value is -0.440. The van der Waals surface area contributed by atoms with Crippen molar-refractivity contribution in [2.24, 2.45) is 0 Å².